The second-order valence-electron chi connectivity index (χ2n) is 5.15. The number of hydrogen-bond donors (Lipinski definition) is 2. The molecule has 1 aromatic carbocycles. The Kier molecular flexibility index (Phi) is 5.20. The number of likely N-dealkylation sites (tertiary alicyclic amines) is 1. The second-order valence-corrected chi connectivity index (χ2v) is 5.56. The van der Waals surface area contributed by atoms with Gasteiger partial charge in [-0.1, -0.05) is 29.8 Å². The van der Waals surface area contributed by atoms with Crippen LogP contribution in [0.3, 0.4) is 0 Å². The van der Waals surface area contributed by atoms with Crippen molar-refractivity contribution < 1.29 is 14.7 Å². The molecule has 1 saturated heterocycles. The fraction of sp³-hybridized carbons (Fsp3) is 0.467. The van der Waals surface area contributed by atoms with Crippen LogP contribution in [0.15, 0.2) is 24.3 Å². The summed E-state index contributed by atoms with van der Waals surface area (Å²) in [6.07, 6.45) is 0.619. The third-order valence-corrected chi connectivity index (χ3v) is 4.04. The van der Waals surface area contributed by atoms with Crippen LogP contribution in [-0.4, -0.2) is 41.0 Å². The van der Waals surface area contributed by atoms with Gasteiger partial charge in [-0.2, -0.15) is 0 Å². The molecule has 1 heterocycles. The molecule has 1 aromatic rings. The van der Waals surface area contributed by atoms with E-state index in [0.29, 0.717) is 23.6 Å². The number of amides is 2. The van der Waals surface area contributed by atoms with E-state index in [-0.39, 0.29) is 18.4 Å². The summed E-state index contributed by atoms with van der Waals surface area (Å²) in [6.45, 7) is 2.15. The molecule has 6 heteroatoms. The quantitative estimate of drug-likeness (QED) is 0.885. The first-order chi connectivity index (χ1) is 10.0. The normalized spacial score (nSPS) is 19.4. The van der Waals surface area contributed by atoms with Gasteiger partial charge >= 0.3 is 0 Å². The van der Waals surface area contributed by atoms with E-state index < -0.39 is 12.1 Å². The van der Waals surface area contributed by atoms with Gasteiger partial charge in [0.25, 0.3) is 0 Å². The summed E-state index contributed by atoms with van der Waals surface area (Å²) < 4.78 is 0. The van der Waals surface area contributed by atoms with Crippen molar-refractivity contribution in [3.8, 4) is 0 Å². The minimum absolute atomic E-state index is 0.0742. The highest BCUT2D eigenvalue weighted by Crippen LogP contribution is 2.22. The number of halogens is 1. The molecule has 114 valence electrons. The summed E-state index contributed by atoms with van der Waals surface area (Å²) in [5.74, 6) is -0.326. The first-order valence-electron chi connectivity index (χ1n) is 6.98. The van der Waals surface area contributed by atoms with E-state index in [4.69, 9.17) is 11.6 Å². The van der Waals surface area contributed by atoms with Crippen molar-refractivity contribution in [2.75, 3.05) is 13.1 Å². The van der Waals surface area contributed by atoms with Gasteiger partial charge in [0, 0.05) is 30.6 Å². The molecule has 0 saturated carbocycles. The van der Waals surface area contributed by atoms with E-state index in [9.17, 15) is 14.7 Å². The van der Waals surface area contributed by atoms with Gasteiger partial charge in [-0.25, -0.2) is 0 Å². The predicted octanol–water partition coefficient (Wildman–Crippen LogP) is 1.50. The molecule has 2 amide bonds. The van der Waals surface area contributed by atoms with Crippen molar-refractivity contribution in [1.29, 1.82) is 0 Å². The van der Waals surface area contributed by atoms with Crippen LogP contribution in [0.2, 0.25) is 5.02 Å². The molecule has 5 nitrogen and oxygen atoms in total. The number of carbonyl (C=O) groups is 2. The zero-order valence-electron chi connectivity index (χ0n) is 11.9. The Morgan fingerprint density at radius 1 is 1.48 bits per heavy atom. The molecule has 0 radical (unpaired) electrons. The Balaban J connectivity index is 1.92. The average molecular weight is 311 g/mol. The Morgan fingerprint density at radius 2 is 2.19 bits per heavy atom. The lowest BCUT2D eigenvalue weighted by atomic mass is 10.1. The summed E-state index contributed by atoms with van der Waals surface area (Å²) >= 11 is 6.00. The number of aliphatic hydroxyl groups excluding tert-OH is 1. The van der Waals surface area contributed by atoms with Crippen molar-refractivity contribution in [1.82, 2.24) is 10.2 Å². The van der Waals surface area contributed by atoms with E-state index >= 15 is 0 Å². The van der Waals surface area contributed by atoms with Crippen LogP contribution in [0.1, 0.15) is 31.4 Å². The van der Waals surface area contributed by atoms with Gasteiger partial charge in [-0.05, 0) is 18.9 Å². The number of nitrogens with zero attached hydrogens (tertiary/aromatic N) is 1. The largest absolute Gasteiger partial charge is 0.387 e. The Labute approximate surface area is 128 Å². The minimum atomic E-state index is -0.866. The lowest BCUT2D eigenvalue weighted by Crippen LogP contribution is -2.46. The molecule has 0 unspecified atom stereocenters. The van der Waals surface area contributed by atoms with Crippen LogP contribution >= 0.6 is 11.6 Å². The predicted molar refractivity (Wildman–Crippen MR) is 79.8 cm³/mol. The summed E-state index contributed by atoms with van der Waals surface area (Å²) in [5, 5.41) is 13.2. The number of benzene rings is 1. The maximum atomic E-state index is 12.1. The van der Waals surface area contributed by atoms with E-state index in [1.165, 1.54) is 6.92 Å². The molecular weight excluding hydrogens is 292 g/mol. The van der Waals surface area contributed by atoms with Crippen LogP contribution in [0.4, 0.5) is 0 Å². The zero-order chi connectivity index (χ0) is 15.4. The van der Waals surface area contributed by atoms with Gasteiger partial charge in [-0.15, -0.1) is 0 Å². The second kappa shape index (κ2) is 6.91. The third-order valence-electron chi connectivity index (χ3n) is 3.69. The number of aliphatic hydroxyl groups is 1. The number of rotatable bonds is 4. The van der Waals surface area contributed by atoms with Gasteiger partial charge in [0.15, 0.2) is 0 Å². The maximum absolute atomic E-state index is 12.1. The van der Waals surface area contributed by atoms with Crippen molar-refractivity contribution in [3.05, 3.63) is 34.9 Å². The first kappa shape index (κ1) is 15.8. The monoisotopic (exact) mass is 310 g/mol. The lowest BCUT2D eigenvalue weighted by Gasteiger charge is -2.23. The third kappa shape index (κ3) is 3.74. The Hall–Kier alpha value is -1.59. The van der Waals surface area contributed by atoms with E-state index in [1.807, 2.05) is 0 Å². The van der Waals surface area contributed by atoms with Crippen molar-refractivity contribution in [2.45, 2.75) is 31.9 Å². The number of carbonyl (C=O) groups excluding carboxylic acids is 2. The van der Waals surface area contributed by atoms with E-state index in [1.54, 1.807) is 29.2 Å². The summed E-state index contributed by atoms with van der Waals surface area (Å²) in [7, 11) is 0. The topological polar surface area (TPSA) is 69.6 Å². The summed E-state index contributed by atoms with van der Waals surface area (Å²) in [6, 6.07) is 6.54. The molecule has 1 aliphatic heterocycles. The smallest absolute Gasteiger partial charge is 0.242 e. The van der Waals surface area contributed by atoms with Crippen LogP contribution in [0.5, 0.6) is 0 Å². The summed E-state index contributed by atoms with van der Waals surface area (Å²) in [5.41, 5.74) is 0.578. The lowest BCUT2D eigenvalue weighted by molar-refractivity contribution is -0.137. The zero-order valence-corrected chi connectivity index (χ0v) is 12.6. The molecule has 0 spiro atoms. The fourth-order valence-electron chi connectivity index (χ4n) is 2.59. The molecule has 21 heavy (non-hydrogen) atoms. The van der Waals surface area contributed by atoms with Crippen molar-refractivity contribution in [3.63, 3.8) is 0 Å². The SMILES string of the molecule is CC(=O)N1CCC[C@@H]1C(=O)NC[C@@H](O)c1ccccc1Cl. The van der Waals surface area contributed by atoms with Crippen molar-refractivity contribution in [2.24, 2.45) is 0 Å². The molecule has 0 aliphatic carbocycles. The van der Waals surface area contributed by atoms with Crippen LogP contribution in [0, 0.1) is 0 Å². The van der Waals surface area contributed by atoms with E-state index in [2.05, 4.69) is 5.32 Å². The minimum Gasteiger partial charge on any atom is -0.387 e. The highest BCUT2D eigenvalue weighted by Gasteiger charge is 2.32. The molecule has 0 aromatic heterocycles. The molecule has 0 bridgehead atoms. The van der Waals surface area contributed by atoms with E-state index in [0.717, 1.165) is 6.42 Å². The average Bonchev–Trinajstić information content (AvgIpc) is 2.94. The van der Waals surface area contributed by atoms with Gasteiger partial charge in [0.1, 0.15) is 6.04 Å². The molecule has 2 N–H and O–H groups in total. The van der Waals surface area contributed by atoms with Crippen LogP contribution in [-0.2, 0) is 9.59 Å². The van der Waals surface area contributed by atoms with Gasteiger partial charge in [-0.3, -0.25) is 9.59 Å². The number of nitrogens with one attached hydrogen (secondary N) is 1. The van der Waals surface area contributed by atoms with Gasteiger partial charge in [0.2, 0.25) is 11.8 Å². The Bertz CT molecular complexity index is 535. The molecule has 2 rings (SSSR count). The Morgan fingerprint density at radius 3 is 2.86 bits per heavy atom. The summed E-state index contributed by atoms with van der Waals surface area (Å²) in [4.78, 5) is 25.1. The van der Waals surface area contributed by atoms with Crippen molar-refractivity contribution >= 4 is 23.4 Å². The first-order valence-corrected chi connectivity index (χ1v) is 7.36. The highest BCUT2D eigenvalue weighted by atomic mass is 35.5. The van der Waals surface area contributed by atoms with Crippen LogP contribution in [0.25, 0.3) is 0 Å². The molecule has 1 fully saturated rings. The number of hydrogen-bond acceptors (Lipinski definition) is 3. The molecular formula is C15H19ClN2O3. The molecule has 2 atom stereocenters. The maximum Gasteiger partial charge on any atom is 0.242 e. The van der Waals surface area contributed by atoms with Gasteiger partial charge < -0.3 is 15.3 Å². The molecule has 1 aliphatic rings. The van der Waals surface area contributed by atoms with Gasteiger partial charge in [0.05, 0.1) is 6.10 Å². The fourth-order valence-corrected chi connectivity index (χ4v) is 2.85. The highest BCUT2D eigenvalue weighted by molar-refractivity contribution is 6.31. The standard InChI is InChI=1S/C15H19ClN2O3/c1-10(19)18-8-4-7-13(18)15(21)17-9-14(20)11-5-2-3-6-12(11)16/h2-3,5-6,13-14,20H,4,7-9H2,1H3,(H,17,21)/t13-,14-/m1/s1. The van der Waals surface area contributed by atoms with Crippen LogP contribution < -0.4 is 5.32 Å².